The molecule has 0 fully saturated rings. The number of halogens is 2. The number of ether oxygens (including phenoxy) is 1. The first kappa shape index (κ1) is 17.3. The molecule has 1 aromatic rings. The molecule has 1 N–H and O–H groups in total. The normalized spacial score (nSPS) is 9.67. The fourth-order valence-corrected chi connectivity index (χ4v) is 1.68. The zero-order chi connectivity index (χ0) is 12.7. The van der Waals surface area contributed by atoms with Gasteiger partial charge in [-0.1, -0.05) is 15.9 Å². The molecular weight excluding hydrogens is 368 g/mol. The smallest absolute Gasteiger partial charge is 0.270 e. The molecule has 5 nitrogen and oxygen atoms in total. The molecule has 0 unspecified atom stereocenters. The van der Waals surface area contributed by atoms with Crippen molar-refractivity contribution in [1.29, 1.82) is 0 Å². The van der Waals surface area contributed by atoms with Gasteiger partial charge in [-0.25, -0.2) is 0 Å². The molecule has 0 aliphatic rings. The number of alkyl halides is 1. The molecule has 0 spiro atoms. The summed E-state index contributed by atoms with van der Waals surface area (Å²) in [7, 11) is 0. The van der Waals surface area contributed by atoms with Crippen molar-refractivity contribution in [2.75, 3.05) is 18.5 Å². The van der Waals surface area contributed by atoms with E-state index < -0.39 is 4.92 Å². The summed E-state index contributed by atoms with van der Waals surface area (Å²) in [5.74, 6) is 0.695. The average Bonchev–Trinajstić information content (AvgIpc) is 2.31. The maximum atomic E-state index is 10.7. The SMILES string of the molecule is Br.CCOc1ccc([N+](=O)[O-])cc1CNCCBr. The van der Waals surface area contributed by atoms with Gasteiger partial charge in [0.1, 0.15) is 5.75 Å². The Morgan fingerprint density at radius 2 is 2.22 bits per heavy atom. The second kappa shape index (κ2) is 9.29. The second-order valence-corrected chi connectivity index (χ2v) is 4.14. The predicted octanol–water partition coefficient (Wildman–Crippen LogP) is 3.06. The van der Waals surface area contributed by atoms with Gasteiger partial charge in [0, 0.05) is 36.1 Å². The maximum absolute atomic E-state index is 10.7. The van der Waals surface area contributed by atoms with Crippen molar-refractivity contribution in [3.8, 4) is 5.75 Å². The van der Waals surface area contributed by atoms with E-state index in [4.69, 9.17) is 4.74 Å². The third-order valence-electron chi connectivity index (χ3n) is 2.14. The fourth-order valence-electron chi connectivity index (χ4n) is 1.40. The molecule has 0 heterocycles. The molecule has 0 aromatic heterocycles. The highest BCUT2D eigenvalue weighted by Gasteiger charge is 2.11. The Hall–Kier alpha value is -0.660. The molecule has 7 heteroatoms. The summed E-state index contributed by atoms with van der Waals surface area (Å²) in [6, 6.07) is 4.65. The van der Waals surface area contributed by atoms with E-state index in [-0.39, 0.29) is 22.7 Å². The van der Waals surface area contributed by atoms with Gasteiger partial charge in [0.15, 0.2) is 0 Å². The molecule has 0 radical (unpaired) electrons. The lowest BCUT2D eigenvalue weighted by Crippen LogP contribution is -2.16. The zero-order valence-electron chi connectivity index (χ0n) is 10.0. The lowest BCUT2D eigenvalue weighted by molar-refractivity contribution is -0.384. The van der Waals surface area contributed by atoms with Crippen molar-refractivity contribution in [3.05, 3.63) is 33.9 Å². The lowest BCUT2D eigenvalue weighted by atomic mass is 10.1. The van der Waals surface area contributed by atoms with Crippen molar-refractivity contribution >= 4 is 38.6 Å². The summed E-state index contributed by atoms with van der Waals surface area (Å²) in [5, 5.41) is 14.7. The number of nitro groups is 1. The number of hydrogen-bond acceptors (Lipinski definition) is 4. The van der Waals surface area contributed by atoms with Gasteiger partial charge < -0.3 is 10.1 Å². The van der Waals surface area contributed by atoms with Crippen LogP contribution in [0.3, 0.4) is 0 Å². The molecule has 0 aliphatic heterocycles. The van der Waals surface area contributed by atoms with Crippen LogP contribution in [-0.2, 0) is 6.54 Å². The van der Waals surface area contributed by atoms with Crippen molar-refractivity contribution in [2.24, 2.45) is 0 Å². The lowest BCUT2D eigenvalue weighted by Gasteiger charge is -2.10. The van der Waals surface area contributed by atoms with Gasteiger partial charge >= 0.3 is 0 Å². The molecule has 0 saturated heterocycles. The summed E-state index contributed by atoms with van der Waals surface area (Å²) >= 11 is 3.31. The molecular formula is C11H16Br2N2O3. The summed E-state index contributed by atoms with van der Waals surface area (Å²) < 4.78 is 5.43. The Kier molecular flexibility index (Phi) is 8.95. The maximum Gasteiger partial charge on any atom is 0.270 e. The Morgan fingerprint density at radius 1 is 1.50 bits per heavy atom. The van der Waals surface area contributed by atoms with Crippen LogP contribution >= 0.6 is 32.9 Å². The summed E-state index contributed by atoms with van der Waals surface area (Å²) in [5.41, 5.74) is 0.895. The third kappa shape index (κ3) is 5.32. The molecule has 0 atom stereocenters. The predicted molar refractivity (Wildman–Crippen MR) is 80.1 cm³/mol. The number of non-ortho nitro benzene ring substituents is 1. The summed E-state index contributed by atoms with van der Waals surface area (Å²) in [6.07, 6.45) is 0. The van der Waals surface area contributed by atoms with Crippen molar-refractivity contribution < 1.29 is 9.66 Å². The number of nitrogens with one attached hydrogen (secondary N) is 1. The molecule has 0 saturated carbocycles. The van der Waals surface area contributed by atoms with Gasteiger partial charge in [0.05, 0.1) is 11.5 Å². The van der Waals surface area contributed by atoms with Crippen LogP contribution in [0.15, 0.2) is 18.2 Å². The summed E-state index contributed by atoms with van der Waals surface area (Å²) in [4.78, 5) is 10.3. The highest BCUT2D eigenvalue weighted by atomic mass is 79.9. The number of benzene rings is 1. The van der Waals surface area contributed by atoms with Crippen LogP contribution in [0.5, 0.6) is 5.75 Å². The second-order valence-electron chi connectivity index (χ2n) is 3.35. The topological polar surface area (TPSA) is 64.4 Å². The standard InChI is InChI=1S/C11H15BrN2O3.BrH/c1-2-17-11-4-3-10(14(15)16)7-9(11)8-13-6-5-12;/h3-4,7,13H,2,5-6,8H2,1H3;1H. The molecule has 1 aromatic carbocycles. The van der Waals surface area contributed by atoms with E-state index in [1.54, 1.807) is 12.1 Å². The number of nitrogens with zero attached hydrogens (tertiary/aromatic N) is 1. The van der Waals surface area contributed by atoms with Crippen molar-refractivity contribution in [3.63, 3.8) is 0 Å². The number of rotatable bonds is 7. The molecule has 102 valence electrons. The first-order chi connectivity index (χ1) is 8.19. The van der Waals surface area contributed by atoms with E-state index in [1.807, 2.05) is 6.92 Å². The van der Waals surface area contributed by atoms with E-state index in [2.05, 4.69) is 21.2 Å². The van der Waals surface area contributed by atoms with E-state index in [9.17, 15) is 10.1 Å². The van der Waals surface area contributed by atoms with Crippen LogP contribution < -0.4 is 10.1 Å². The quantitative estimate of drug-likeness (QED) is 0.340. The monoisotopic (exact) mass is 382 g/mol. The minimum absolute atomic E-state index is 0. The largest absolute Gasteiger partial charge is 0.494 e. The van der Waals surface area contributed by atoms with E-state index in [0.29, 0.717) is 18.9 Å². The van der Waals surface area contributed by atoms with Crippen LogP contribution in [-0.4, -0.2) is 23.4 Å². The fraction of sp³-hybridized carbons (Fsp3) is 0.455. The average molecular weight is 384 g/mol. The third-order valence-corrected chi connectivity index (χ3v) is 2.54. The van der Waals surface area contributed by atoms with Crippen LogP contribution in [0.4, 0.5) is 5.69 Å². The number of hydrogen-bond donors (Lipinski definition) is 1. The van der Waals surface area contributed by atoms with Gasteiger partial charge in [0.2, 0.25) is 0 Å². The minimum Gasteiger partial charge on any atom is -0.494 e. The summed E-state index contributed by atoms with van der Waals surface area (Å²) in [6.45, 7) is 3.79. The molecule has 0 aliphatic carbocycles. The zero-order valence-corrected chi connectivity index (χ0v) is 13.3. The van der Waals surface area contributed by atoms with E-state index in [1.165, 1.54) is 6.07 Å². The Morgan fingerprint density at radius 3 is 2.78 bits per heavy atom. The highest BCUT2D eigenvalue weighted by molar-refractivity contribution is 9.09. The van der Waals surface area contributed by atoms with Crippen LogP contribution in [0, 0.1) is 10.1 Å². The first-order valence-electron chi connectivity index (χ1n) is 5.35. The molecule has 18 heavy (non-hydrogen) atoms. The molecule has 0 bridgehead atoms. The van der Waals surface area contributed by atoms with Crippen molar-refractivity contribution in [2.45, 2.75) is 13.5 Å². The van der Waals surface area contributed by atoms with Crippen LogP contribution in [0.2, 0.25) is 0 Å². The molecule has 0 amide bonds. The van der Waals surface area contributed by atoms with Crippen LogP contribution in [0.1, 0.15) is 12.5 Å². The van der Waals surface area contributed by atoms with Crippen molar-refractivity contribution in [1.82, 2.24) is 5.32 Å². The van der Waals surface area contributed by atoms with Gasteiger partial charge in [-0.15, -0.1) is 17.0 Å². The van der Waals surface area contributed by atoms with E-state index in [0.717, 1.165) is 17.4 Å². The van der Waals surface area contributed by atoms with E-state index >= 15 is 0 Å². The molecule has 1 rings (SSSR count). The highest BCUT2D eigenvalue weighted by Crippen LogP contribution is 2.24. The van der Waals surface area contributed by atoms with Gasteiger partial charge in [0.25, 0.3) is 5.69 Å². The Labute approximate surface area is 125 Å². The Balaban J connectivity index is 0.00000289. The van der Waals surface area contributed by atoms with Gasteiger partial charge in [-0.3, -0.25) is 10.1 Å². The van der Waals surface area contributed by atoms with Crippen LogP contribution in [0.25, 0.3) is 0 Å². The number of nitro benzene ring substituents is 1. The van der Waals surface area contributed by atoms with Gasteiger partial charge in [-0.05, 0) is 13.0 Å². The van der Waals surface area contributed by atoms with Gasteiger partial charge in [-0.2, -0.15) is 0 Å². The Bertz CT molecular complexity index is 389. The minimum atomic E-state index is -0.399. The first-order valence-corrected chi connectivity index (χ1v) is 6.48.